The Morgan fingerprint density at radius 1 is 0.882 bits per heavy atom. The molecule has 2 heteroatoms. The molecule has 0 atom stereocenters. The minimum atomic E-state index is 0.761. The first-order valence-electron chi connectivity index (χ1n) is 6.51. The molecule has 0 fully saturated rings. The Hall–Kier alpha value is -1.18. The van der Waals surface area contributed by atoms with Crippen LogP contribution in [0.5, 0.6) is 11.5 Å². The van der Waals surface area contributed by atoms with Gasteiger partial charge in [-0.25, -0.2) is 0 Å². The zero-order valence-corrected chi connectivity index (χ0v) is 10.8. The monoisotopic (exact) mass is 235 g/mol. The zero-order valence-electron chi connectivity index (χ0n) is 10.8. The van der Waals surface area contributed by atoms with Crippen molar-refractivity contribution < 1.29 is 9.47 Å². The maximum absolute atomic E-state index is 5.64. The zero-order chi connectivity index (χ0) is 12.3. The smallest absolute Gasteiger partial charge is 0.122 e. The minimum Gasteiger partial charge on any atom is -0.494 e. The molecular weight excluding hydrogens is 212 g/mol. The van der Waals surface area contributed by atoms with Crippen LogP contribution in [-0.4, -0.2) is 6.61 Å². The number of ether oxygens (including phenoxy) is 2. The molecule has 0 bridgehead atoms. The second-order valence-corrected chi connectivity index (χ2v) is 4.23. The van der Waals surface area contributed by atoms with E-state index in [1.165, 1.54) is 32.1 Å². The molecule has 17 heavy (non-hydrogen) atoms. The summed E-state index contributed by atoms with van der Waals surface area (Å²) in [6.45, 7) is 3.04. The number of hydrogen-bond donors (Lipinski definition) is 0. The van der Waals surface area contributed by atoms with Crippen molar-refractivity contribution in [2.75, 3.05) is 6.61 Å². The van der Waals surface area contributed by atoms with Gasteiger partial charge in [0.05, 0.1) is 6.61 Å². The second-order valence-electron chi connectivity index (χ2n) is 4.23. The molecule has 0 saturated heterocycles. The predicted molar refractivity (Wildman–Crippen MR) is 71.3 cm³/mol. The van der Waals surface area contributed by atoms with E-state index in [0.29, 0.717) is 0 Å². The summed E-state index contributed by atoms with van der Waals surface area (Å²) in [6.07, 6.45) is 7.74. The summed E-state index contributed by atoms with van der Waals surface area (Å²) in [7, 11) is 3.36. The van der Waals surface area contributed by atoms with Crippen LogP contribution in [0.3, 0.4) is 0 Å². The third kappa shape index (κ3) is 6.20. The first-order valence-corrected chi connectivity index (χ1v) is 6.51. The molecule has 0 heterocycles. The first-order chi connectivity index (χ1) is 8.36. The van der Waals surface area contributed by atoms with E-state index < -0.39 is 0 Å². The molecule has 0 spiro atoms. The molecule has 1 rings (SSSR count). The van der Waals surface area contributed by atoms with Gasteiger partial charge in [-0.2, -0.15) is 0 Å². The fourth-order valence-electron chi connectivity index (χ4n) is 1.70. The molecule has 0 aromatic heterocycles. The average Bonchev–Trinajstić information content (AvgIpc) is 2.38. The topological polar surface area (TPSA) is 18.5 Å². The van der Waals surface area contributed by atoms with Gasteiger partial charge in [-0.3, -0.25) is 0 Å². The maximum atomic E-state index is 5.64. The van der Waals surface area contributed by atoms with Gasteiger partial charge < -0.3 is 9.47 Å². The normalized spacial score (nSPS) is 10.2. The number of rotatable bonds is 9. The van der Waals surface area contributed by atoms with Crippen LogP contribution in [0, 0.1) is 7.11 Å². The summed E-state index contributed by atoms with van der Waals surface area (Å²) in [5.74, 6) is 1.66. The first kappa shape index (κ1) is 13.9. The van der Waals surface area contributed by atoms with E-state index in [1.54, 1.807) is 0 Å². The van der Waals surface area contributed by atoms with Crippen molar-refractivity contribution in [3.05, 3.63) is 31.4 Å². The van der Waals surface area contributed by atoms with Gasteiger partial charge in [0, 0.05) is 0 Å². The standard InChI is InChI=1S/C15H23O2/c1-3-4-5-6-7-8-13-17-15-11-9-14(16-2)10-12-15/h9-12H,2-8,13H2,1H3. The highest BCUT2D eigenvalue weighted by atomic mass is 16.5. The van der Waals surface area contributed by atoms with Crippen LogP contribution in [0.25, 0.3) is 0 Å². The predicted octanol–water partition coefficient (Wildman–Crippen LogP) is 4.60. The lowest BCUT2D eigenvalue weighted by molar-refractivity contribution is 0.304. The molecule has 0 amide bonds. The van der Waals surface area contributed by atoms with Crippen LogP contribution in [0.1, 0.15) is 45.4 Å². The summed E-state index contributed by atoms with van der Waals surface area (Å²) >= 11 is 0. The van der Waals surface area contributed by atoms with Gasteiger partial charge >= 0.3 is 0 Å². The summed E-state index contributed by atoms with van der Waals surface area (Å²) in [5.41, 5.74) is 0. The highest BCUT2D eigenvalue weighted by molar-refractivity contribution is 5.31. The minimum absolute atomic E-state index is 0.761. The lowest BCUT2D eigenvalue weighted by atomic mass is 10.1. The van der Waals surface area contributed by atoms with E-state index in [2.05, 4.69) is 14.0 Å². The van der Waals surface area contributed by atoms with Gasteiger partial charge in [0.1, 0.15) is 18.6 Å². The molecule has 2 nitrogen and oxygen atoms in total. The van der Waals surface area contributed by atoms with Crippen molar-refractivity contribution in [1.29, 1.82) is 0 Å². The van der Waals surface area contributed by atoms with Gasteiger partial charge in [0.15, 0.2) is 0 Å². The van der Waals surface area contributed by atoms with E-state index >= 15 is 0 Å². The van der Waals surface area contributed by atoms with Gasteiger partial charge in [-0.1, -0.05) is 39.0 Å². The fourth-order valence-corrected chi connectivity index (χ4v) is 1.70. The molecule has 0 aliphatic rings. The van der Waals surface area contributed by atoms with Crippen LogP contribution < -0.4 is 9.47 Å². The molecule has 0 saturated carbocycles. The summed E-state index contributed by atoms with van der Waals surface area (Å²) in [6, 6.07) is 7.56. The molecule has 95 valence electrons. The third-order valence-corrected chi connectivity index (χ3v) is 2.76. The largest absolute Gasteiger partial charge is 0.494 e. The van der Waals surface area contributed by atoms with E-state index in [-0.39, 0.29) is 0 Å². The molecule has 1 aromatic carbocycles. The summed E-state index contributed by atoms with van der Waals surface area (Å²) in [5, 5.41) is 0. The van der Waals surface area contributed by atoms with Crippen LogP contribution in [0.4, 0.5) is 0 Å². The van der Waals surface area contributed by atoms with Gasteiger partial charge in [-0.05, 0) is 30.7 Å². The molecule has 1 aromatic rings. The van der Waals surface area contributed by atoms with Crippen molar-refractivity contribution in [2.24, 2.45) is 0 Å². The van der Waals surface area contributed by atoms with Gasteiger partial charge in [0.2, 0.25) is 0 Å². The Labute approximate surface area is 105 Å². The molecule has 0 N–H and O–H groups in total. The van der Waals surface area contributed by atoms with E-state index in [9.17, 15) is 0 Å². The van der Waals surface area contributed by atoms with Crippen molar-refractivity contribution >= 4 is 0 Å². The Morgan fingerprint density at radius 3 is 2.12 bits per heavy atom. The average molecular weight is 235 g/mol. The summed E-state index contributed by atoms with van der Waals surface area (Å²) in [4.78, 5) is 0. The van der Waals surface area contributed by atoms with E-state index in [1.807, 2.05) is 24.3 Å². The lowest BCUT2D eigenvalue weighted by Crippen LogP contribution is -1.97. The number of unbranched alkanes of at least 4 members (excludes halogenated alkanes) is 5. The van der Waals surface area contributed by atoms with E-state index in [4.69, 9.17) is 9.47 Å². The highest BCUT2D eigenvalue weighted by Gasteiger charge is 1.95. The summed E-state index contributed by atoms with van der Waals surface area (Å²) < 4.78 is 10.5. The SMILES string of the molecule is [CH2]Oc1ccc(OCCCCCCCC)cc1. The van der Waals surface area contributed by atoms with Gasteiger partial charge in [0.25, 0.3) is 0 Å². The number of benzene rings is 1. The maximum Gasteiger partial charge on any atom is 0.122 e. The molecule has 0 aliphatic carbocycles. The molecule has 0 aliphatic heterocycles. The van der Waals surface area contributed by atoms with Crippen LogP contribution in [0.2, 0.25) is 0 Å². The Kier molecular flexibility index (Phi) is 7.28. The highest BCUT2D eigenvalue weighted by Crippen LogP contribution is 2.17. The fraction of sp³-hybridized carbons (Fsp3) is 0.533. The van der Waals surface area contributed by atoms with Crippen molar-refractivity contribution in [2.45, 2.75) is 45.4 Å². The van der Waals surface area contributed by atoms with Crippen molar-refractivity contribution in [3.63, 3.8) is 0 Å². The quantitative estimate of drug-likeness (QED) is 0.582. The molecule has 1 radical (unpaired) electrons. The van der Waals surface area contributed by atoms with Crippen LogP contribution in [-0.2, 0) is 0 Å². The second kappa shape index (κ2) is 8.91. The Balaban J connectivity index is 2.05. The Bertz CT molecular complexity index is 279. The van der Waals surface area contributed by atoms with Crippen molar-refractivity contribution in [3.8, 4) is 11.5 Å². The Morgan fingerprint density at radius 2 is 1.47 bits per heavy atom. The molecule has 0 unspecified atom stereocenters. The molecular formula is C15H23O2. The van der Waals surface area contributed by atoms with E-state index in [0.717, 1.165) is 24.5 Å². The van der Waals surface area contributed by atoms with Gasteiger partial charge in [-0.15, -0.1) is 0 Å². The van der Waals surface area contributed by atoms with Crippen LogP contribution in [0.15, 0.2) is 24.3 Å². The lowest BCUT2D eigenvalue weighted by Gasteiger charge is -2.06. The van der Waals surface area contributed by atoms with Crippen LogP contribution >= 0.6 is 0 Å². The van der Waals surface area contributed by atoms with Crippen molar-refractivity contribution in [1.82, 2.24) is 0 Å². The number of hydrogen-bond acceptors (Lipinski definition) is 2. The third-order valence-electron chi connectivity index (χ3n) is 2.76.